The van der Waals surface area contributed by atoms with E-state index in [9.17, 15) is 18.0 Å². The second kappa shape index (κ2) is 8.91. The van der Waals surface area contributed by atoms with Gasteiger partial charge in [0.1, 0.15) is 16.6 Å². The highest BCUT2D eigenvalue weighted by Crippen LogP contribution is 2.30. The summed E-state index contributed by atoms with van der Waals surface area (Å²) in [5, 5.41) is 0. The van der Waals surface area contributed by atoms with Crippen molar-refractivity contribution in [2.75, 3.05) is 26.7 Å². The molecule has 8 nitrogen and oxygen atoms in total. The number of aryl methyl sites for hydroxylation is 1. The highest BCUT2D eigenvalue weighted by atomic mass is 32.2. The summed E-state index contributed by atoms with van der Waals surface area (Å²) in [6, 6.07) is 10.6. The summed E-state index contributed by atoms with van der Waals surface area (Å²) in [5.74, 6) is -0.782. The summed E-state index contributed by atoms with van der Waals surface area (Å²) in [7, 11) is -1.10. The minimum Gasteiger partial charge on any atom is -0.464 e. The van der Waals surface area contributed by atoms with Crippen LogP contribution in [0.4, 0.5) is 0 Å². The van der Waals surface area contributed by atoms with Gasteiger partial charge in [-0.2, -0.15) is 4.31 Å². The zero-order valence-corrected chi connectivity index (χ0v) is 19.0. The van der Waals surface area contributed by atoms with E-state index in [1.807, 2.05) is 24.3 Å². The average molecular weight is 458 g/mol. The van der Waals surface area contributed by atoms with E-state index in [4.69, 9.17) is 4.74 Å². The van der Waals surface area contributed by atoms with Crippen LogP contribution in [0.25, 0.3) is 5.57 Å². The summed E-state index contributed by atoms with van der Waals surface area (Å²) < 4.78 is 34.1. The predicted molar refractivity (Wildman–Crippen MR) is 119 cm³/mol. The van der Waals surface area contributed by atoms with Crippen LogP contribution in [0.5, 0.6) is 0 Å². The van der Waals surface area contributed by atoms with E-state index in [0.29, 0.717) is 25.9 Å². The highest BCUT2D eigenvalue weighted by Gasteiger charge is 2.42. The third-order valence-electron chi connectivity index (χ3n) is 6.14. The zero-order chi connectivity index (χ0) is 22.9. The first-order valence-corrected chi connectivity index (χ1v) is 12.1. The molecule has 0 saturated carbocycles. The van der Waals surface area contributed by atoms with Gasteiger partial charge in [-0.15, -0.1) is 0 Å². The number of hydrogen-bond acceptors (Lipinski definition) is 5. The van der Waals surface area contributed by atoms with Crippen LogP contribution in [0.3, 0.4) is 0 Å². The van der Waals surface area contributed by atoms with Gasteiger partial charge >= 0.3 is 5.97 Å². The van der Waals surface area contributed by atoms with E-state index in [1.165, 1.54) is 33.8 Å². The van der Waals surface area contributed by atoms with E-state index in [-0.39, 0.29) is 23.0 Å². The van der Waals surface area contributed by atoms with Crippen LogP contribution < -0.4 is 0 Å². The lowest BCUT2D eigenvalue weighted by Crippen LogP contribution is -2.48. The maximum absolute atomic E-state index is 13.3. The number of amides is 1. The van der Waals surface area contributed by atoms with Crippen LogP contribution in [-0.2, 0) is 26.6 Å². The van der Waals surface area contributed by atoms with Gasteiger partial charge in [0, 0.05) is 32.9 Å². The van der Waals surface area contributed by atoms with E-state index in [2.05, 4.69) is 12.1 Å². The second-order valence-electron chi connectivity index (χ2n) is 8.07. The number of carbonyl (C=O) groups excluding carboxylic acids is 2. The number of aromatic nitrogens is 1. The Kier molecular flexibility index (Phi) is 6.21. The first kappa shape index (κ1) is 22.3. The van der Waals surface area contributed by atoms with Crippen LogP contribution in [0.2, 0.25) is 0 Å². The Balaban J connectivity index is 1.52. The van der Waals surface area contributed by atoms with Crippen LogP contribution in [-0.4, -0.2) is 66.9 Å². The van der Waals surface area contributed by atoms with Crippen LogP contribution >= 0.6 is 0 Å². The molecule has 1 saturated heterocycles. The molecule has 0 spiro atoms. The van der Waals surface area contributed by atoms with Crippen molar-refractivity contribution in [1.82, 2.24) is 13.8 Å². The molecule has 9 heteroatoms. The van der Waals surface area contributed by atoms with Gasteiger partial charge in [-0.1, -0.05) is 36.4 Å². The lowest BCUT2D eigenvalue weighted by Gasteiger charge is -2.31. The summed E-state index contributed by atoms with van der Waals surface area (Å²) in [5.41, 5.74) is 2.49. The van der Waals surface area contributed by atoms with Gasteiger partial charge in [-0.25, -0.2) is 13.2 Å². The SMILES string of the molecule is COC(=O)c1cc(S(=O)(=O)N2CCC[C@H]2C(=O)N2CC=C(c3ccccc3)CC2)cn1C. The maximum atomic E-state index is 13.3. The Morgan fingerprint density at radius 3 is 2.53 bits per heavy atom. The van der Waals surface area contributed by atoms with Gasteiger partial charge in [0.2, 0.25) is 15.9 Å². The topological polar surface area (TPSA) is 88.9 Å². The van der Waals surface area contributed by atoms with E-state index in [0.717, 1.165) is 12.0 Å². The van der Waals surface area contributed by atoms with Crippen LogP contribution in [0.1, 0.15) is 35.3 Å². The molecule has 32 heavy (non-hydrogen) atoms. The molecule has 1 fully saturated rings. The fraction of sp³-hybridized carbons (Fsp3) is 0.391. The average Bonchev–Trinajstić information content (AvgIpc) is 3.47. The van der Waals surface area contributed by atoms with Gasteiger partial charge in [0.05, 0.1) is 7.11 Å². The highest BCUT2D eigenvalue weighted by molar-refractivity contribution is 7.89. The van der Waals surface area contributed by atoms with Crippen LogP contribution in [0, 0.1) is 0 Å². The van der Waals surface area contributed by atoms with Gasteiger partial charge in [-0.05, 0) is 36.5 Å². The van der Waals surface area contributed by atoms with E-state index < -0.39 is 22.0 Å². The molecule has 0 bridgehead atoms. The van der Waals surface area contributed by atoms with Gasteiger partial charge in [-0.3, -0.25) is 4.79 Å². The molecule has 2 aromatic rings. The first-order chi connectivity index (χ1) is 15.3. The van der Waals surface area contributed by atoms with Crippen molar-refractivity contribution in [2.24, 2.45) is 7.05 Å². The Hall–Kier alpha value is -2.91. The fourth-order valence-corrected chi connectivity index (χ4v) is 6.11. The van der Waals surface area contributed by atoms with Crippen LogP contribution in [0.15, 0.2) is 53.6 Å². The number of ether oxygens (including phenoxy) is 1. The number of rotatable bonds is 5. The number of esters is 1. The Morgan fingerprint density at radius 1 is 1.12 bits per heavy atom. The molecule has 2 aliphatic rings. The lowest BCUT2D eigenvalue weighted by molar-refractivity contribution is -0.134. The zero-order valence-electron chi connectivity index (χ0n) is 18.2. The van der Waals surface area contributed by atoms with Crippen molar-refractivity contribution in [3.05, 3.63) is 59.9 Å². The minimum atomic E-state index is -3.93. The van der Waals surface area contributed by atoms with Crippen molar-refractivity contribution in [1.29, 1.82) is 0 Å². The third kappa shape index (κ3) is 4.10. The number of sulfonamides is 1. The molecule has 1 atom stereocenters. The number of methoxy groups -OCH3 is 1. The van der Waals surface area contributed by atoms with Crippen molar-refractivity contribution in [3.63, 3.8) is 0 Å². The fourth-order valence-electron chi connectivity index (χ4n) is 4.39. The molecule has 3 heterocycles. The standard InChI is InChI=1S/C23H27N3O5S/c1-24-16-19(15-21(24)23(28)31-2)32(29,30)26-12-6-9-20(26)22(27)25-13-10-18(11-14-25)17-7-4-3-5-8-17/h3-5,7-8,10,15-16,20H,6,9,11-14H2,1-2H3/t20-/m0/s1. The minimum absolute atomic E-state index is 0.00926. The summed E-state index contributed by atoms with van der Waals surface area (Å²) in [6.07, 6.45) is 5.27. The molecule has 0 aliphatic carbocycles. The van der Waals surface area contributed by atoms with Crippen molar-refractivity contribution in [3.8, 4) is 0 Å². The molecule has 170 valence electrons. The number of hydrogen-bond donors (Lipinski definition) is 0. The van der Waals surface area contributed by atoms with E-state index in [1.54, 1.807) is 11.9 Å². The molecule has 0 N–H and O–H groups in total. The molecular weight excluding hydrogens is 430 g/mol. The maximum Gasteiger partial charge on any atom is 0.354 e. The lowest BCUT2D eigenvalue weighted by atomic mass is 9.99. The molecule has 2 aliphatic heterocycles. The monoisotopic (exact) mass is 457 g/mol. The normalized spacial score (nSPS) is 19.6. The van der Waals surface area contributed by atoms with Gasteiger partial charge in [0.25, 0.3) is 0 Å². The first-order valence-electron chi connectivity index (χ1n) is 10.6. The van der Waals surface area contributed by atoms with Gasteiger partial charge in [0.15, 0.2) is 0 Å². The summed E-state index contributed by atoms with van der Waals surface area (Å²) in [6.45, 7) is 1.30. The third-order valence-corrected chi connectivity index (χ3v) is 8.01. The molecule has 4 rings (SSSR count). The van der Waals surface area contributed by atoms with Crippen molar-refractivity contribution in [2.45, 2.75) is 30.2 Å². The number of nitrogens with zero attached hydrogens (tertiary/aromatic N) is 3. The molecule has 1 amide bonds. The van der Waals surface area contributed by atoms with Crippen molar-refractivity contribution >= 4 is 27.5 Å². The smallest absolute Gasteiger partial charge is 0.354 e. The molecule has 1 aromatic heterocycles. The quantitative estimate of drug-likeness (QED) is 0.643. The Bertz CT molecular complexity index is 1150. The largest absolute Gasteiger partial charge is 0.464 e. The number of carbonyl (C=O) groups is 2. The number of benzene rings is 1. The summed E-state index contributed by atoms with van der Waals surface area (Å²) >= 11 is 0. The molecule has 0 unspecified atom stereocenters. The molecular formula is C23H27N3O5S. The summed E-state index contributed by atoms with van der Waals surface area (Å²) in [4.78, 5) is 26.9. The Labute approximate surface area is 188 Å². The van der Waals surface area contributed by atoms with Gasteiger partial charge < -0.3 is 14.2 Å². The van der Waals surface area contributed by atoms with Crippen molar-refractivity contribution < 1.29 is 22.7 Å². The predicted octanol–water partition coefficient (Wildman–Crippen LogP) is 2.28. The molecule has 1 aromatic carbocycles. The van der Waals surface area contributed by atoms with E-state index >= 15 is 0 Å². The Morgan fingerprint density at radius 2 is 1.88 bits per heavy atom. The second-order valence-corrected chi connectivity index (χ2v) is 9.96. The molecule has 0 radical (unpaired) electrons.